The van der Waals surface area contributed by atoms with E-state index < -0.39 is 16.1 Å². The van der Waals surface area contributed by atoms with E-state index in [9.17, 15) is 17.8 Å². The predicted molar refractivity (Wildman–Crippen MR) is 70.2 cm³/mol. The third-order valence-electron chi connectivity index (χ3n) is 2.18. The molecule has 5 nitrogen and oxygen atoms in total. The Hall–Kier alpha value is -1.15. The average Bonchev–Trinajstić information content (AvgIpc) is 2.66. The highest BCUT2D eigenvalue weighted by Crippen LogP contribution is 2.34. The third kappa shape index (κ3) is 2.49. The topological polar surface area (TPSA) is 80.7 Å². The standard InChI is InChI=1S/C10H8O5S2.ClH/c1-15-10(11)8-9(17(12,13)14)6-4-2-3-5-7(6)16-8;/h2-5H,1H3,(H,12,13,14);1H. The van der Waals surface area contributed by atoms with E-state index in [0.717, 1.165) is 18.4 Å². The number of esters is 1. The fraction of sp³-hybridized carbons (Fsp3) is 0.100. The van der Waals surface area contributed by atoms with Crippen molar-refractivity contribution in [3.63, 3.8) is 0 Å². The Balaban J connectivity index is 0.00000162. The maximum Gasteiger partial charge on any atom is 0.349 e. The van der Waals surface area contributed by atoms with Crippen LogP contribution in [0.15, 0.2) is 29.2 Å². The summed E-state index contributed by atoms with van der Waals surface area (Å²) in [5.74, 6) is -0.779. The summed E-state index contributed by atoms with van der Waals surface area (Å²) >= 11 is 0.970. The van der Waals surface area contributed by atoms with Crippen LogP contribution in [0.1, 0.15) is 9.67 Å². The number of halogens is 1. The van der Waals surface area contributed by atoms with Gasteiger partial charge < -0.3 is 4.74 Å². The molecule has 0 atom stereocenters. The number of benzene rings is 1. The summed E-state index contributed by atoms with van der Waals surface area (Å²) in [6.07, 6.45) is 0. The Morgan fingerprint density at radius 1 is 1.33 bits per heavy atom. The van der Waals surface area contributed by atoms with Gasteiger partial charge in [-0.05, 0) is 6.07 Å². The van der Waals surface area contributed by atoms with Crippen molar-refractivity contribution in [1.29, 1.82) is 0 Å². The minimum atomic E-state index is -4.46. The van der Waals surface area contributed by atoms with Gasteiger partial charge in [-0.25, -0.2) is 4.79 Å². The van der Waals surface area contributed by atoms with E-state index in [2.05, 4.69) is 4.74 Å². The molecule has 0 bridgehead atoms. The van der Waals surface area contributed by atoms with Gasteiger partial charge >= 0.3 is 5.97 Å². The molecule has 1 N–H and O–H groups in total. The summed E-state index contributed by atoms with van der Waals surface area (Å²) in [7, 11) is -3.31. The molecule has 98 valence electrons. The fourth-order valence-electron chi connectivity index (χ4n) is 1.51. The number of carbonyl (C=O) groups is 1. The van der Waals surface area contributed by atoms with Gasteiger partial charge in [0, 0.05) is 10.1 Å². The van der Waals surface area contributed by atoms with Crippen LogP contribution >= 0.6 is 23.7 Å². The molecule has 1 aromatic carbocycles. The van der Waals surface area contributed by atoms with E-state index in [1.807, 2.05) is 0 Å². The number of ether oxygens (including phenoxy) is 1. The molecule has 0 aliphatic rings. The lowest BCUT2D eigenvalue weighted by atomic mass is 10.2. The van der Waals surface area contributed by atoms with Crippen LogP contribution in [0.3, 0.4) is 0 Å². The quantitative estimate of drug-likeness (QED) is 0.680. The van der Waals surface area contributed by atoms with E-state index in [0.29, 0.717) is 10.1 Å². The van der Waals surface area contributed by atoms with Gasteiger partial charge in [0.05, 0.1) is 7.11 Å². The summed E-state index contributed by atoms with van der Waals surface area (Å²) in [6, 6.07) is 6.54. The van der Waals surface area contributed by atoms with Crippen LogP contribution < -0.4 is 0 Å². The molecule has 0 saturated heterocycles. The molecule has 0 saturated carbocycles. The second kappa shape index (κ2) is 5.23. The van der Waals surface area contributed by atoms with Gasteiger partial charge in [-0.2, -0.15) is 8.42 Å². The Kier molecular flexibility index (Phi) is 4.33. The van der Waals surface area contributed by atoms with Crippen LogP contribution in [0.5, 0.6) is 0 Å². The average molecular weight is 309 g/mol. The molecule has 2 aromatic rings. The maximum absolute atomic E-state index is 11.5. The molecule has 1 aromatic heterocycles. The summed E-state index contributed by atoms with van der Waals surface area (Å²) < 4.78 is 36.9. The second-order valence-corrected chi connectivity index (χ2v) is 5.63. The van der Waals surface area contributed by atoms with E-state index in [1.54, 1.807) is 18.2 Å². The minimum absolute atomic E-state index is 0. The molecule has 1 heterocycles. The summed E-state index contributed by atoms with van der Waals surface area (Å²) in [5.41, 5.74) is 0. The van der Waals surface area contributed by atoms with E-state index in [-0.39, 0.29) is 22.2 Å². The van der Waals surface area contributed by atoms with Crippen molar-refractivity contribution < 1.29 is 22.5 Å². The van der Waals surface area contributed by atoms with Crippen molar-refractivity contribution in [1.82, 2.24) is 0 Å². The lowest BCUT2D eigenvalue weighted by Crippen LogP contribution is -2.06. The molecule has 0 aliphatic carbocycles. The van der Waals surface area contributed by atoms with Crippen molar-refractivity contribution >= 4 is 49.9 Å². The van der Waals surface area contributed by atoms with Crippen LogP contribution in [0.25, 0.3) is 10.1 Å². The molecule has 0 unspecified atom stereocenters. The van der Waals surface area contributed by atoms with E-state index in [1.165, 1.54) is 6.07 Å². The molecule has 0 amide bonds. The van der Waals surface area contributed by atoms with Gasteiger partial charge in [0.25, 0.3) is 10.1 Å². The van der Waals surface area contributed by atoms with Crippen LogP contribution in [0, 0.1) is 0 Å². The highest BCUT2D eigenvalue weighted by Gasteiger charge is 2.27. The summed E-state index contributed by atoms with van der Waals surface area (Å²) in [4.78, 5) is 11.0. The minimum Gasteiger partial charge on any atom is -0.465 e. The Bertz CT molecular complexity index is 689. The highest BCUT2D eigenvalue weighted by molar-refractivity contribution is 7.86. The first-order valence-corrected chi connectivity index (χ1v) is 6.78. The Morgan fingerprint density at radius 2 is 1.94 bits per heavy atom. The molecule has 2 rings (SSSR count). The first-order chi connectivity index (χ1) is 7.95. The smallest absolute Gasteiger partial charge is 0.349 e. The van der Waals surface area contributed by atoms with E-state index >= 15 is 0 Å². The SMILES string of the molecule is COC(=O)c1sc2ccccc2c1S(=O)(=O)O.Cl. The Labute approximate surface area is 114 Å². The highest BCUT2D eigenvalue weighted by atomic mass is 35.5. The zero-order chi connectivity index (χ0) is 12.6. The first kappa shape index (κ1) is 14.9. The molecule has 0 radical (unpaired) electrons. The maximum atomic E-state index is 11.5. The van der Waals surface area contributed by atoms with Crippen molar-refractivity contribution in [2.24, 2.45) is 0 Å². The molecule has 18 heavy (non-hydrogen) atoms. The molecule has 0 fully saturated rings. The largest absolute Gasteiger partial charge is 0.465 e. The van der Waals surface area contributed by atoms with Crippen molar-refractivity contribution in [2.75, 3.05) is 7.11 Å². The van der Waals surface area contributed by atoms with Crippen LogP contribution in [-0.4, -0.2) is 26.0 Å². The van der Waals surface area contributed by atoms with Crippen LogP contribution in [0.4, 0.5) is 0 Å². The molecular weight excluding hydrogens is 300 g/mol. The predicted octanol–water partition coefficient (Wildman–Crippen LogP) is 2.36. The molecule has 8 heteroatoms. The number of hydrogen-bond donors (Lipinski definition) is 1. The first-order valence-electron chi connectivity index (χ1n) is 4.52. The fourth-order valence-corrected chi connectivity index (χ4v) is 3.80. The zero-order valence-electron chi connectivity index (χ0n) is 9.11. The molecule has 0 aliphatic heterocycles. The lowest BCUT2D eigenvalue weighted by molar-refractivity contribution is 0.0602. The number of fused-ring (bicyclic) bond motifs is 1. The lowest BCUT2D eigenvalue weighted by Gasteiger charge is -1.99. The van der Waals surface area contributed by atoms with Gasteiger partial charge in [-0.15, -0.1) is 23.7 Å². The third-order valence-corrected chi connectivity index (χ3v) is 4.40. The van der Waals surface area contributed by atoms with Crippen molar-refractivity contribution in [3.8, 4) is 0 Å². The molecular formula is C10H9ClO5S2. The number of carbonyl (C=O) groups excluding carboxylic acids is 1. The van der Waals surface area contributed by atoms with E-state index in [4.69, 9.17) is 0 Å². The van der Waals surface area contributed by atoms with Crippen molar-refractivity contribution in [3.05, 3.63) is 29.1 Å². The van der Waals surface area contributed by atoms with Crippen LogP contribution in [0.2, 0.25) is 0 Å². The van der Waals surface area contributed by atoms with Crippen LogP contribution in [-0.2, 0) is 14.9 Å². The number of rotatable bonds is 2. The van der Waals surface area contributed by atoms with Crippen molar-refractivity contribution in [2.45, 2.75) is 4.90 Å². The normalized spacial score (nSPS) is 11.0. The second-order valence-electron chi connectivity index (χ2n) is 3.22. The Morgan fingerprint density at radius 3 is 2.50 bits per heavy atom. The number of hydrogen-bond acceptors (Lipinski definition) is 5. The number of methoxy groups -OCH3 is 1. The van der Waals surface area contributed by atoms with Gasteiger partial charge in [0.2, 0.25) is 0 Å². The molecule has 0 spiro atoms. The monoisotopic (exact) mass is 308 g/mol. The summed E-state index contributed by atoms with van der Waals surface area (Å²) in [5, 5.41) is 0.320. The summed E-state index contributed by atoms with van der Waals surface area (Å²) in [6.45, 7) is 0. The van der Waals surface area contributed by atoms with Gasteiger partial charge in [-0.3, -0.25) is 4.55 Å². The van der Waals surface area contributed by atoms with Gasteiger partial charge in [-0.1, -0.05) is 18.2 Å². The van der Waals surface area contributed by atoms with Gasteiger partial charge in [0.1, 0.15) is 9.77 Å². The zero-order valence-corrected chi connectivity index (χ0v) is 11.6. The van der Waals surface area contributed by atoms with Gasteiger partial charge in [0.15, 0.2) is 0 Å². The number of thiophene rings is 1.